The second-order valence-electron chi connectivity index (χ2n) is 7.39. The van der Waals surface area contributed by atoms with Gasteiger partial charge in [-0.15, -0.1) is 0 Å². The van der Waals surface area contributed by atoms with Gasteiger partial charge < -0.3 is 9.74 Å². The molecule has 1 amide bonds. The number of nitrogens with zero attached hydrogens (tertiary/aromatic N) is 2. The van der Waals surface area contributed by atoms with Gasteiger partial charge in [0, 0.05) is 38.5 Å². The Labute approximate surface area is 171 Å². The van der Waals surface area contributed by atoms with Gasteiger partial charge in [-0.2, -0.15) is 5.06 Å². The molecule has 1 heterocycles. The topological polar surface area (TPSA) is 32.8 Å². The first-order chi connectivity index (χ1) is 14.1. The summed E-state index contributed by atoms with van der Waals surface area (Å²) in [6.45, 7) is 2.86. The van der Waals surface area contributed by atoms with Crippen molar-refractivity contribution in [2.75, 3.05) is 33.3 Å². The van der Waals surface area contributed by atoms with Crippen LogP contribution in [-0.4, -0.2) is 49.2 Å². The first-order valence-corrected chi connectivity index (χ1v) is 10.1. The molecule has 0 N–H and O–H groups in total. The van der Waals surface area contributed by atoms with E-state index in [-0.39, 0.29) is 23.5 Å². The molecule has 0 saturated carbocycles. The largest absolute Gasteiger partial charge is 0.340 e. The van der Waals surface area contributed by atoms with Crippen LogP contribution in [0.2, 0.25) is 0 Å². The number of hydroxylamine groups is 2. The molecule has 0 atom stereocenters. The molecule has 1 fully saturated rings. The zero-order valence-corrected chi connectivity index (χ0v) is 16.8. The number of hydrogen-bond acceptors (Lipinski definition) is 3. The monoisotopic (exact) mass is 402 g/mol. The molecular weight excluding hydrogens is 374 g/mol. The third kappa shape index (κ3) is 6.08. The lowest BCUT2D eigenvalue weighted by Crippen LogP contribution is -2.48. The van der Waals surface area contributed by atoms with Gasteiger partial charge in [0.25, 0.3) is 0 Å². The number of amides is 1. The van der Waals surface area contributed by atoms with E-state index < -0.39 is 0 Å². The second-order valence-corrected chi connectivity index (χ2v) is 7.39. The van der Waals surface area contributed by atoms with E-state index >= 15 is 0 Å². The standard InChI is InChI=1S/C23H28F2N2O2/c1-29-27-16-14-26(15-17-27)23(28)5-3-2-4-22(18-6-10-20(24)11-7-18)19-8-12-21(25)13-9-19/h6-13,22H,2-5,14-17H2,1H3. The summed E-state index contributed by atoms with van der Waals surface area (Å²) in [5.41, 5.74) is 2.00. The zero-order valence-electron chi connectivity index (χ0n) is 16.8. The van der Waals surface area contributed by atoms with Crippen LogP contribution in [0.25, 0.3) is 0 Å². The summed E-state index contributed by atoms with van der Waals surface area (Å²) in [5.74, 6) is -0.311. The van der Waals surface area contributed by atoms with Gasteiger partial charge in [0.05, 0.1) is 7.11 Å². The summed E-state index contributed by atoms with van der Waals surface area (Å²) >= 11 is 0. The Hall–Kier alpha value is -2.31. The Bertz CT molecular complexity index is 727. The van der Waals surface area contributed by atoms with Crippen molar-refractivity contribution in [2.24, 2.45) is 0 Å². The molecule has 6 heteroatoms. The number of rotatable bonds is 8. The highest BCUT2D eigenvalue weighted by atomic mass is 19.1. The molecule has 4 nitrogen and oxygen atoms in total. The maximum atomic E-state index is 13.3. The summed E-state index contributed by atoms with van der Waals surface area (Å²) in [4.78, 5) is 19.5. The maximum Gasteiger partial charge on any atom is 0.222 e. The third-order valence-electron chi connectivity index (χ3n) is 5.53. The minimum atomic E-state index is -0.272. The van der Waals surface area contributed by atoms with Crippen molar-refractivity contribution in [3.8, 4) is 0 Å². The number of hydrogen-bond donors (Lipinski definition) is 0. The van der Waals surface area contributed by atoms with Crippen LogP contribution in [0.15, 0.2) is 48.5 Å². The first kappa shape index (κ1) is 21.4. The average molecular weight is 402 g/mol. The van der Waals surface area contributed by atoms with Crippen LogP contribution < -0.4 is 0 Å². The van der Waals surface area contributed by atoms with Gasteiger partial charge >= 0.3 is 0 Å². The van der Waals surface area contributed by atoms with Crippen molar-refractivity contribution in [1.82, 2.24) is 9.96 Å². The Kier molecular flexibility index (Phi) is 7.72. The smallest absolute Gasteiger partial charge is 0.222 e. The van der Waals surface area contributed by atoms with Crippen LogP contribution in [0.5, 0.6) is 0 Å². The lowest BCUT2D eigenvalue weighted by atomic mass is 9.87. The van der Waals surface area contributed by atoms with Crippen LogP contribution in [0.3, 0.4) is 0 Å². The molecule has 0 bridgehead atoms. The summed E-state index contributed by atoms with van der Waals surface area (Å²) < 4.78 is 26.6. The van der Waals surface area contributed by atoms with E-state index in [0.717, 1.165) is 43.5 Å². The number of carbonyl (C=O) groups is 1. The number of unbranched alkanes of at least 4 members (excludes halogenated alkanes) is 1. The third-order valence-corrected chi connectivity index (χ3v) is 5.53. The van der Waals surface area contributed by atoms with Gasteiger partial charge in [0.1, 0.15) is 11.6 Å². The predicted molar refractivity (Wildman–Crippen MR) is 108 cm³/mol. The van der Waals surface area contributed by atoms with E-state index in [4.69, 9.17) is 4.84 Å². The van der Waals surface area contributed by atoms with Crippen molar-refractivity contribution < 1.29 is 18.4 Å². The van der Waals surface area contributed by atoms with E-state index in [9.17, 15) is 13.6 Å². The number of carbonyl (C=O) groups excluding carboxylic acids is 1. The fourth-order valence-corrected chi connectivity index (χ4v) is 3.82. The van der Waals surface area contributed by atoms with Gasteiger partial charge in [-0.1, -0.05) is 30.7 Å². The lowest BCUT2D eigenvalue weighted by Gasteiger charge is -2.33. The number of halogens is 2. The minimum absolute atomic E-state index is 0.0524. The van der Waals surface area contributed by atoms with E-state index in [0.29, 0.717) is 19.5 Å². The summed E-state index contributed by atoms with van der Waals surface area (Å²) in [6, 6.07) is 12.9. The van der Waals surface area contributed by atoms with Gasteiger partial charge in [0.2, 0.25) is 5.91 Å². The minimum Gasteiger partial charge on any atom is -0.340 e. The molecule has 1 aliphatic rings. The summed E-state index contributed by atoms with van der Waals surface area (Å²) in [7, 11) is 1.65. The molecule has 3 rings (SSSR count). The predicted octanol–water partition coefficient (Wildman–Crippen LogP) is 4.36. The average Bonchev–Trinajstić information content (AvgIpc) is 2.75. The lowest BCUT2D eigenvalue weighted by molar-refractivity contribution is -0.161. The number of benzene rings is 2. The Morgan fingerprint density at radius 2 is 1.41 bits per heavy atom. The van der Waals surface area contributed by atoms with Crippen molar-refractivity contribution in [3.05, 3.63) is 71.3 Å². The molecule has 2 aromatic rings. The van der Waals surface area contributed by atoms with E-state index in [1.54, 1.807) is 31.4 Å². The summed E-state index contributed by atoms with van der Waals surface area (Å²) in [5, 5.41) is 1.86. The van der Waals surface area contributed by atoms with Crippen LogP contribution in [0.4, 0.5) is 8.78 Å². The van der Waals surface area contributed by atoms with E-state index in [2.05, 4.69) is 0 Å². The van der Waals surface area contributed by atoms with Gasteiger partial charge in [-0.3, -0.25) is 4.79 Å². The first-order valence-electron chi connectivity index (χ1n) is 10.1. The molecule has 1 aliphatic heterocycles. The normalized spacial score (nSPS) is 15.1. The van der Waals surface area contributed by atoms with Crippen LogP contribution in [-0.2, 0) is 9.63 Å². The zero-order chi connectivity index (χ0) is 20.6. The Balaban J connectivity index is 1.54. The van der Waals surface area contributed by atoms with Gasteiger partial charge in [-0.25, -0.2) is 8.78 Å². The molecule has 0 aliphatic carbocycles. The fourth-order valence-electron chi connectivity index (χ4n) is 3.82. The van der Waals surface area contributed by atoms with Crippen LogP contribution in [0.1, 0.15) is 42.7 Å². The SMILES string of the molecule is CON1CCN(C(=O)CCCCC(c2ccc(F)cc2)c2ccc(F)cc2)CC1. The van der Waals surface area contributed by atoms with E-state index in [1.165, 1.54) is 24.3 Å². The van der Waals surface area contributed by atoms with Crippen molar-refractivity contribution in [2.45, 2.75) is 31.6 Å². The molecule has 0 radical (unpaired) electrons. The van der Waals surface area contributed by atoms with Crippen molar-refractivity contribution in [3.63, 3.8) is 0 Å². The molecule has 29 heavy (non-hydrogen) atoms. The molecule has 2 aromatic carbocycles. The van der Waals surface area contributed by atoms with Crippen LogP contribution in [0, 0.1) is 11.6 Å². The Morgan fingerprint density at radius 3 is 1.90 bits per heavy atom. The fraction of sp³-hybridized carbons (Fsp3) is 0.435. The quantitative estimate of drug-likeness (QED) is 0.615. The second kappa shape index (κ2) is 10.5. The van der Waals surface area contributed by atoms with Crippen molar-refractivity contribution in [1.29, 1.82) is 0 Å². The Morgan fingerprint density at radius 1 is 0.897 bits per heavy atom. The molecule has 0 aromatic heterocycles. The molecule has 1 saturated heterocycles. The molecule has 0 spiro atoms. The van der Waals surface area contributed by atoms with Crippen molar-refractivity contribution >= 4 is 5.91 Å². The highest BCUT2D eigenvalue weighted by molar-refractivity contribution is 5.76. The van der Waals surface area contributed by atoms with Crippen LogP contribution >= 0.6 is 0 Å². The summed E-state index contributed by atoms with van der Waals surface area (Å²) in [6.07, 6.45) is 3.00. The maximum absolute atomic E-state index is 13.3. The van der Waals surface area contributed by atoms with E-state index in [1.807, 2.05) is 9.96 Å². The highest BCUT2D eigenvalue weighted by Gasteiger charge is 2.21. The van der Waals surface area contributed by atoms with Gasteiger partial charge in [0.15, 0.2) is 0 Å². The van der Waals surface area contributed by atoms with Gasteiger partial charge in [-0.05, 0) is 48.2 Å². The number of piperazine rings is 1. The molecule has 0 unspecified atom stereocenters. The molecule has 156 valence electrons. The highest BCUT2D eigenvalue weighted by Crippen LogP contribution is 2.30. The molecular formula is C23H28F2N2O2.